The number of ether oxygens (including phenoxy) is 2. The molecule has 356 valence electrons. The van der Waals surface area contributed by atoms with Crippen LogP contribution in [0.15, 0.2) is 192 Å². The molecular weight excluding hydrogens is 933 g/mol. The highest BCUT2D eigenvalue weighted by Gasteiger charge is 2.55. The van der Waals surface area contributed by atoms with Crippen molar-refractivity contribution in [2.24, 2.45) is 5.16 Å². The molecule has 4 heterocycles. The minimum atomic E-state index is -1.01. The topological polar surface area (TPSA) is 152 Å². The fourth-order valence-corrected chi connectivity index (χ4v) is 11.6. The summed E-state index contributed by atoms with van der Waals surface area (Å²) >= 11 is 2.76. The third kappa shape index (κ3) is 9.59. The summed E-state index contributed by atoms with van der Waals surface area (Å²) in [4.78, 5) is 69.2. The van der Waals surface area contributed by atoms with Gasteiger partial charge in [0.1, 0.15) is 41.2 Å². The summed E-state index contributed by atoms with van der Waals surface area (Å²) in [5.41, 5.74) is 6.66. The summed E-state index contributed by atoms with van der Waals surface area (Å²) < 4.78 is 11.8. The van der Waals surface area contributed by atoms with E-state index in [1.54, 1.807) is 11.4 Å². The third-order valence-corrected chi connectivity index (χ3v) is 14.8. The van der Waals surface area contributed by atoms with E-state index in [-0.39, 0.29) is 17.1 Å². The Labute approximate surface area is 419 Å². The number of hydrogen-bond acceptors (Lipinski definition) is 13. The number of fused-ring (bicyclic) bond motifs is 2. The number of thiazole rings is 1. The minimum Gasteiger partial charge on any atom is -0.448 e. The first-order valence-electron chi connectivity index (χ1n) is 23.0. The maximum atomic E-state index is 14.8. The molecule has 2 unspecified atom stereocenters. The summed E-state index contributed by atoms with van der Waals surface area (Å²) in [6.07, 6.45) is -0.766. The van der Waals surface area contributed by atoms with E-state index in [4.69, 9.17) is 19.3 Å². The Morgan fingerprint density at radius 2 is 1.34 bits per heavy atom. The van der Waals surface area contributed by atoms with E-state index in [2.05, 4.69) is 57.1 Å². The van der Waals surface area contributed by atoms with E-state index >= 15 is 0 Å². The zero-order valence-electron chi connectivity index (χ0n) is 38.8. The number of aromatic nitrogens is 1. The number of benzene rings is 6. The van der Waals surface area contributed by atoms with Crippen LogP contribution in [0.5, 0.6) is 5.75 Å². The maximum Gasteiger partial charge on any atom is 0.356 e. The lowest BCUT2D eigenvalue weighted by Gasteiger charge is -2.50. The largest absolute Gasteiger partial charge is 0.448 e. The first-order valence-corrected chi connectivity index (χ1v) is 25.0. The molecule has 1 saturated heterocycles. The van der Waals surface area contributed by atoms with Crippen LogP contribution >= 0.6 is 23.1 Å². The monoisotopic (exact) mass is 980 g/mol. The van der Waals surface area contributed by atoms with Crippen LogP contribution in [0, 0.1) is 0 Å². The molecule has 6 aromatic carbocycles. The van der Waals surface area contributed by atoms with Crippen molar-refractivity contribution in [2.75, 3.05) is 24.7 Å². The van der Waals surface area contributed by atoms with Crippen LogP contribution in [-0.4, -0.2) is 75.1 Å². The van der Waals surface area contributed by atoms with Crippen LogP contribution in [0.2, 0.25) is 0 Å². The van der Waals surface area contributed by atoms with Gasteiger partial charge in [0.2, 0.25) is 0 Å². The zero-order valence-corrected chi connectivity index (χ0v) is 40.4. The van der Waals surface area contributed by atoms with E-state index in [0.717, 1.165) is 38.9 Å². The predicted molar refractivity (Wildman–Crippen MR) is 273 cm³/mol. The molecule has 2 atom stereocenters. The normalized spacial score (nSPS) is 16.7. The van der Waals surface area contributed by atoms with Gasteiger partial charge in [0.25, 0.3) is 11.8 Å². The Bertz CT molecular complexity index is 3000. The Morgan fingerprint density at radius 1 is 0.775 bits per heavy atom. The molecule has 0 radical (unpaired) electrons. The Morgan fingerprint density at radius 3 is 1.90 bits per heavy atom. The number of carbonyl (C=O) groups excluding carboxylic acids is 4. The summed E-state index contributed by atoms with van der Waals surface area (Å²) in [6.45, 7) is 2.84. The standard InChI is InChI=1S/C56H48N6O7S2/c1-36(63)68-45-29-28-39-31-61(32-40(39)30-45)33-41-34-70-53-48(52(65)62(53)49(41)54(66)69-50(37-18-8-3-9-19-37)38-20-10-4-11-21-38)58-51(64)47(60-67-2)46-35-71-55(57-46)59-56(42-22-12-5-13-23-42,43-24-14-6-15-25-43)44-26-16-7-17-27-44/h3-30,35,48,50,53H,31-34H2,1-2H3,(H,57,59)(H,58,64)/b60-47-. The molecule has 10 rings (SSSR count). The zero-order chi connectivity index (χ0) is 48.9. The molecule has 0 aliphatic carbocycles. The van der Waals surface area contributed by atoms with Crippen LogP contribution in [0.1, 0.15) is 57.7 Å². The first kappa shape index (κ1) is 46.9. The van der Waals surface area contributed by atoms with Gasteiger partial charge in [0.05, 0.1) is 0 Å². The second-order valence-electron chi connectivity index (χ2n) is 17.2. The van der Waals surface area contributed by atoms with Crippen molar-refractivity contribution >= 4 is 57.7 Å². The van der Waals surface area contributed by atoms with Gasteiger partial charge in [-0.2, -0.15) is 0 Å². The first-order chi connectivity index (χ1) is 34.7. The molecule has 1 fully saturated rings. The number of esters is 2. The number of oxime groups is 1. The molecule has 1 aromatic heterocycles. The van der Waals surface area contributed by atoms with Gasteiger partial charge in [0, 0.05) is 37.7 Å². The predicted octanol–water partition coefficient (Wildman–Crippen LogP) is 8.83. The van der Waals surface area contributed by atoms with Crippen molar-refractivity contribution in [1.29, 1.82) is 0 Å². The number of rotatable bonds is 16. The van der Waals surface area contributed by atoms with E-state index in [0.29, 0.717) is 41.8 Å². The van der Waals surface area contributed by atoms with Gasteiger partial charge in [-0.05, 0) is 56.6 Å². The SMILES string of the molecule is CO/N=C(\C(=O)NC1C(=O)N2C(C(=O)OC(c3ccccc3)c3ccccc3)=C(CN3Cc4ccc(OC(C)=O)cc4C3)CSC12)c1csc(NC(c2ccccc2)(c2ccccc2)c2ccccc2)n1. The lowest BCUT2D eigenvalue weighted by Crippen LogP contribution is -2.71. The van der Waals surface area contributed by atoms with Gasteiger partial charge in [-0.1, -0.05) is 163 Å². The van der Waals surface area contributed by atoms with Crippen LogP contribution in [0.25, 0.3) is 0 Å². The summed E-state index contributed by atoms with van der Waals surface area (Å²) in [5, 5.41) is 12.4. The van der Waals surface area contributed by atoms with Crippen molar-refractivity contribution in [3.63, 3.8) is 0 Å². The molecule has 15 heteroatoms. The van der Waals surface area contributed by atoms with E-state index in [1.807, 2.05) is 127 Å². The van der Waals surface area contributed by atoms with Crippen LogP contribution in [-0.2, 0) is 47.4 Å². The second kappa shape index (κ2) is 20.6. The fraction of sp³-hybridized carbons (Fsp3) is 0.179. The van der Waals surface area contributed by atoms with Crippen LogP contribution in [0.3, 0.4) is 0 Å². The molecular formula is C56H48N6O7S2. The molecule has 3 aliphatic heterocycles. The molecule has 2 amide bonds. The number of nitrogens with one attached hydrogen (secondary N) is 2. The lowest BCUT2D eigenvalue weighted by molar-refractivity contribution is -0.154. The Kier molecular flexibility index (Phi) is 13.6. The van der Waals surface area contributed by atoms with Crippen molar-refractivity contribution in [3.05, 3.63) is 231 Å². The third-order valence-electron chi connectivity index (χ3n) is 12.7. The van der Waals surface area contributed by atoms with Gasteiger partial charge in [-0.3, -0.25) is 24.2 Å². The highest BCUT2D eigenvalue weighted by atomic mass is 32.2. The number of amides is 2. The molecule has 7 aromatic rings. The van der Waals surface area contributed by atoms with Gasteiger partial charge in [-0.25, -0.2) is 9.78 Å². The number of carbonyl (C=O) groups is 4. The average molecular weight is 981 g/mol. The smallest absolute Gasteiger partial charge is 0.356 e. The van der Waals surface area contributed by atoms with Crippen molar-refractivity contribution < 1.29 is 33.5 Å². The highest BCUT2D eigenvalue weighted by Crippen LogP contribution is 2.44. The molecule has 0 bridgehead atoms. The lowest BCUT2D eigenvalue weighted by atomic mass is 9.77. The van der Waals surface area contributed by atoms with Gasteiger partial charge >= 0.3 is 11.9 Å². The van der Waals surface area contributed by atoms with Crippen LogP contribution in [0.4, 0.5) is 5.13 Å². The van der Waals surface area contributed by atoms with Crippen LogP contribution < -0.4 is 15.4 Å². The molecule has 0 spiro atoms. The van der Waals surface area contributed by atoms with E-state index in [1.165, 1.54) is 42.0 Å². The Hall–Kier alpha value is -7.85. The van der Waals surface area contributed by atoms with E-state index < -0.39 is 46.8 Å². The van der Waals surface area contributed by atoms with Gasteiger partial charge < -0.3 is 24.9 Å². The quantitative estimate of drug-likeness (QED) is 0.0239. The fourth-order valence-electron chi connectivity index (χ4n) is 9.48. The van der Waals surface area contributed by atoms with Crippen molar-refractivity contribution in [2.45, 2.75) is 43.1 Å². The van der Waals surface area contributed by atoms with Crippen molar-refractivity contribution in [1.82, 2.24) is 20.1 Å². The van der Waals surface area contributed by atoms with E-state index in [9.17, 15) is 19.2 Å². The highest BCUT2D eigenvalue weighted by molar-refractivity contribution is 8.00. The van der Waals surface area contributed by atoms with Gasteiger partial charge in [-0.15, -0.1) is 23.1 Å². The number of thioether (sulfide) groups is 1. The Balaban J connectivity index is 0.923. The van der Waals surface area contributed by atoms with Gasteiger partial charge in [0.15, 0.2) is 16.9 Å². The number of anilines is 1. The molecule has 2 N–H and O–H groups in total. The summed E-state index contributed by atoms with van der Waals surface area (Å²) in [5.74, 6) is -1.35. The summed E-state index contributed by atoms with van der Waals surface area (Å²) in [7, 11) is 1.34. The summed E-state index contributed by atoms with van der Waals surface area (Å²) in [6, 6.07) is 53.8. The number of nitrogens with zero attached hydrogens (tertiary/aromatic N) is 4. The average Bonchev–Trinajstić information content (AvgIpc) is 4.05. The molecule has 71 heavy (non-hydrogen) atoms. The second-order valence-corrected chi connectivity index (χ2v) is 19.2. The molecule has 0 saturated carbocycles. The maximum absolute atomic E-state index is 14.8. The molecule has 13 nitrogen and oxygen atoms in total. The number of hydrogen-bond donors (Lipinski definition) is 2. The number of β-lactam (4-membered cyclic amide) rings is 1. The van der Waals surface area contributed by atoms with Crippen molar-refractivity contribution in [3.8, 4) is 5.75 Å². The minimum absolute atomic E-state index is 0.122. The molecule has 3 aliphatic rings.